The summed E-state index contributed by atoms with van der Waals surface area (Å²) >= 11 is 0. The third kappa shape index (κ3) is 2.87. The van der Waals surface area contributed by atoms with Crippen molar-refractivity contribution in [3.8, 4) is 0 Å². The summed E-state index contributed by atoms with van der Waals surface area (Å²) in [4.78, 5) is 23.4. The smallest absolute Gasteiger partial charge is 0.335 e. The lowest BCUT2D eigenvalue weighted by atomic mass is 10.0. The van der Waals surface area contributed by atoms with E-state index >= 15 is 0 Å². The summed E-state index contributed by atoms with van der Waals surface area (Å²) in [7, 11) is 0. The maximum atomic E-state index is 11.7. The van der Waals surface area contributed by atoms with Crippen molar-refractivity contribution in [2.75, 3.05) is 13.2 Å². The maximum absolute atomic E-state index is 11.7. The van der Waals surface area contributed by atoms with Crippen LogP contribution in [-0.4, -0.2) is 25.2 Å². The van der Waals surface area contributed by atoms with Gasteiger partial charge in [-0.1, -0.05) is 27.7 Å². The Balaban J connectivity index is 2.66. The van der Waals surface area contributed by atoms with Crippen molar-refractivity contribution in [3.05, 3.63) is 11.1 Å². The summed E-state index contributed by atoms with van der Waals surface area (Å²) in [5.41, 5.74) is 0.439. The second kappa shape index (κ2) is 5.34. The highest BCUT2D eigenvalue weighted by molar-refractivity contribution is 6.11. The predicted molar refractivity (Wildman–Crippen MR) is 63.3 cm³/mol. The molecule has 1 aliphatic carbocycles. The Hall–Kier alpha value is -1.32. The minimum Gasteiger partial charge on any atom is -0.462 e. The van der Waals surface area contributed by atoms with Crippen molar-refractivity contribution >= 4 is 11.9 Å². The average Bonchev–Trinajstić information content (AvgIpc) is 2.86. The van der Waals surface area contributed by atoms with Gasteiger partial charge in [0.2, 0.25) is 0 Å². The summed E-state index contributed by atoms with van der Waals surface area (Å²) in [6, 6.07) is 0. The molecule has 0 aromatic carbocycles. The van der Waals surface area contributed by atoms with Crippen LogP contribution in [0.2, 0.25) is 0 Å². The van der Waals surface area contributed by atoms with Gasteiger partial charge in [0.25, 0.3) is 0 Å². The quantitative estimate of drug-likeness (QED) is 0.668. The van der Waals surface area contributed by atoms with Crippen LogP contribution in [0.3, 0.4) is 0 Å². The van der Waals surface area contributed by atoms with Crippen LogP contribution >= 0.6 is 0 Å². The van der Waals surface area contributed by atoms with E-state index in [1.807, 2.05) is 27.7 Å². The lowest BCUT2D eigenvalue weighted by molar-refractivity contribution is -0.140. The Kier molecular flexibility index (Phi) is 4.32. The summed E-state index contributed by atoms with van der Waals surface area (Å²) < 4.78 is 10.1. The van der Waals surface area contributed by atoms with Crippen LogP contribution in [0.4, 0.5) is 0 Å². The summed E-state index contributed by atoms with van der Waals surface area (Å²) in [5, 5.41) is 0. The molecular weight excluding hydrogens is 220 g/mol. The molecule has 0 fully saturated rings. The Morgan fingerprint density at radius 3 is 1.59 bits per heavy atom. The van der Waals surface area contributed by atoms with Gasteiger partial charge in [-0.2, -0.15) is 0 Å². The number of rotatable bonds is 6. The first-order chi connectivity index (χ1) is 7.96. The molecule has 4 nitrogen and oxygen atoms in total. The molecule has 0 N–H and O–H groups in total. The van der Waals surface area contributed by atoms with Gasteiger partial charge in [0.05, 0.1) is 24.4 Å². The van der Waals surface area contributed by atoms with Crippen LogP contribution in [0.15, 0.2) is 11.1 Å². The van der Waals surface area contributed by atoms with Gasteiger partial charge in [-0.25, -0.2) is 9.59 Å². The SMILES string of the molecule is CCCOC(=O)C1=C(C(=O)OCCC)C1(C)C. The first-order valence-electron chi connectivity index (χ1n) is 6.06. The van der Waals surface area contributed by atoms with Crippen molar-refractivity contribution in [3.63, 3.8) is 0 Å². The molecule has 17 heavy (non-hydrogen) atoms. The van der Waals surface area contributed by atoms with Crippen molar-refractivity contribution in [1.29, 1.82) is 0 Å². The average molecular weight is 240 g/mol. The first kappa shape index (κ1) is 13.7. The van der Waals surface area contributed by atoms with E-state index in [9.17, 15) is 9.59 Å². The highest BCUT2D eigenvalue weighted by atomic mass is 16.5. The Morgan fingerprint density at radius 1 is 0.941 bits per heavy atom. The number of carbonyl (C=O) groups is 2. The van der Waals surface area contributed by atoms with E-state index in [0.717, 1.165) is 12.8 Å². The molecule has 96 valence electrons. The highest BCUT2D eigenvalue weighted by Gasteiger charge is 2.54. The van der Waals surface area contributed by atoms with Crippen LogP contribution in [0, 0.1) is 5.41 Å². The number of carbonyl (C=O) groups excluding carboxylic acids is 2. The molecule has 1 rings (SSSR count). The second-order valence-electron chi connectivity index (χ2n) is 4.65. The summed E-state index contributed by atoms with van der Waals surface area (Å²) in [6.45, 7) is 8.29. The molecule has 0 heterocycles. The van der Waals surface area contributed by atoms with E-state index in [1.54, 1.807) is 0 Å². The fourth-order valence-corrected chi connectivity index (χ4v) is 1.72. The number of esters is 2. The highest BCUT2D eigenvalue weighted by Crippen LogP contribution is 2.53. The van der Waals surface area contributed by atoms with E-state index in [1.165, 1.54) is 0 Å². The lowest BCUT2D eigenvalue weighted by Crippen LogP contribution is -2.09. The number of hydrogen-bond donors (Lipinski definition) is 0. The zero-order chi connectivity index (χ0) is 13.1. The molecule has 0 radical (unpaired) electrons. The third-order valence-corrected chi connectivity index (χ3v) is 2.72. The van der Waals surface area contributed by atoms with Crippen molar-refractivity contribution < 1.29 is 19.1 Å². The molecule has 0 bridgehead atoms. The Morgan fingerprint density at radius 2 is 1.29 bits per heavy atom. The number of ether oxygens (including phenoxy) is 2. The van der Waals surface area contributed by atoms with Gasteiger partial charge in [-0.15, -0.1) is 0 Å². The van der Waals surface area contributed by atoms with Crippen molar-refractivity contribution in [2.45, 2.75) is 40.5 Å². The zero-order valence-corrected chi connectivity index (χ0v) is 11.0. The molecule has 0 saturated heterocycles. The minimum absolute atomic E-state index is 0.385. The molecule has 0 aromatic heterocycles. The maximum Gasteiger partial charge on any atom is 0.335 e. The van der Waals surface area contributed by atoms with Gasteiger partial charge in [0.15, 0.2) is 0 Å². The molecule has 0 amide bonds. The van der Waals surface area contributed by atoms with Crippen LogP contribution in [-0.2, 0) is 19.1 Å². The number of hydrogen-bond acceptors (Lipinski definition) is 4. The van der Waals surface area contributed by atoms with Crippen LogP contribution in [0.5, 0.6) is 0 Å². The molecule has 4 heteroatoms. The summed E-state index contributed by atoms with van der Waals surface area (Å²) in [6.07, 6.45) is 1.55. The third-order valence-electron chi connectivity index (χ3n) is 2.72. The van der Waals surface area contributed by atoms with Gasteiger partial charge < -0.3 is 9.47 Å². The van der Waals surface area contributed by atoms with Gasteiger partial charge >= 0.3 is 11.9 Å². The minimum atomic E-state index is -0.490. The Labute approximate surface area is 102 Å². The van der Waals surface area contributed by atoms with E-state index < -0.39 is 5.41 Å². The van der Waals surface area contributed by atoms with Crippen molar-refractivity contribution in [1.82, 2.24) is 0 Å². The van der Waals surface area contributed by atoms with Gasteiger partial charge in [0.1, 0.15) is 0 Å². The van der Waals surface area contributed by atoms with Crippen LogP contribution < -0.4 is 0 Å². The topological polar surface area (TPSA) is 52.6 Å². The summed E-state index contributed by atoms with van der Waals surface area (Å²) in [5.74, 6) is -0.777. The molecule has 0 saturated carbocycles. The monoisotopic (exact) mass is 240 g/mol. The van der Waals surface area contributed by atoms with Crippen LogP contribution in [0.25, 0.3) is 0 Å². The molecule has 0 aromatic rings. The molecule has 1 aliphatic rings. The fraction of sp³-hybridized carbons (Fsp3) is 0.692. The van der Waals surface area contributed by atoms with E-state index in [0.29, 0.717) is 24.4 Å². The van der Waals surface area contributed by atoms with Crippen molar-refractivity contribution in [2.24, 2.45) is 5.41 Å². The Bertz CT molecular complexity index is 320. The second-order valence-corrected chi connectivity index (χ2v) is 4.65. The molecule has 0 unspecified atom stereocenters. The van der Waals surface area contributed by atoms with E-state index in [2.05, 4.69) is 0 Å². The first-order valence-corrected chi connectivity index (χ1v) is 6.06. The molecule has 0 spiro atoms. The largest absolute Gasteiger partial charge is 0.462 e. The van der Waals surface area contributed by atoms with Crippen LogP contribution in [0.1, 0.15) is 40.5 Å². The molecule has 0 aliphatic heterocycles. The molecular formula is C13H20O4. The fourth-order valence-electron chi connectivity index (χ4n) is 1.72. The van der Waals surface area contributed by atoms with E-state index in [-0.39, 0.29) is 11.9 Å². The molecule has 0 atom stereocenters. The van der Waals surface area contributed by atoms with Gasteiger partial charge in [-0.05, 0) is 12.8 Å². The zero-order valence-electron chi connectivity index (χ0n) is 11.0. The normalized spacial score (nSPS) is 16.7. The standard InChI is InChI=1S/C13H20O4/c1-5-7-16-11(14)9-10(13(9,3)4)12(15)17-8-6-2/h5-8H2,1-4H3. The predicted octanol–water partition coefficient (Wildman–Crippen LogP) is 2.23. The van der Waals surface area contributed by atoms with E-state index in [4.69, 9.17) is 9.47 Å². The van der Waals surface area contributed by atoms with Gasteiger partial charge in [-0.3, -0.25) is 0 Å². The lowest BCUT2D eigenvalue weighted by Gasteiger charge is -2.05. The van der Waals surface area contributed by atoms with Gasteiger partial charge in [0, 0.05) is 5.41 Å².